The second-order valence-corrected chi connectivity index (χ2v) is 3.24. The molecule has 2 aliphatic rings. The van der Waals surface area contributed by atoms with E-state index in [1.165, 1.54) is 17.0 Å². The highest BCUT2D eigenvalue weighted by molar-refractivity contribution is 5.47. The third-order valence-corrected chi connectivity index (χ3v) is 2.48. The summed E-state index contributed by atoms with van der Waals surface area (Å²) in [7, 11) is 0. The lowest BCUT2D eigenvalue weighted by Gasteiger charge is -1.90. The average Bonchev–Trinajstić information content (AvgIpc) is 3.00. The van der Waals surface area contributed by atoms with Gasteiger partial charge in [0.2, 0.25) is 0 Å². The molecule has 0 bridgehead atoms. The van der Waals surface area contributed by atoms with E-state index < -0.39 is 0 Å². The maximum atomic E-state index is 3.23. The van der Waals surface area contributed by atoms with Crippen LogP contribution in [0.1, 0.15) is 49.4 Å². The smallest absolute Gasteiger partial charge is 0.0413 e. The van der Waals surface area contributed by atoms with Crippen LogP contribution in [0.4, 0.5) is 0 Å². The van der Waals surface area contributed by atoms with Crippen LogP contribution in [0.2, 0.25) is 0 Å². The van der Waals surface area contributed by atoms with Crippen molar-refractivity contribution in [2.24, 2.45) is 11.8 Å². The van der Waals surface area contributed by atoms with E-state index in [1.54, 1.807) is 0 Å². The molecule has 0 amide bonds. The largest absolute Gasteiger partial charge is 0.361 e. The topological polar surface area (TPSA) is 15.8 Å². The minimum Gasteiger partial charge on any atom is -0.361 e. The summed E-state index contributed by atoms with van der Waals surface area (Å²) in [5, 5.41) is 2.73. The second-order valence-electron chi connectivity index (χ2n) is 3.24. The molecule has 1 aromatic rings. The maximum Gasteiger partial charge on any atom is 0.0413 e. The second kappa shape index (κ2) is 8.20. The van der Waals surface area contributed by atoms with Crippen molar-refractivity contribution < 1.29 is 1.43 Å². The molecule has 1 saturated carbocycles. The number of aromatic amines is 1. The predicted octanol–water partition coefficient (Wildman–Crippen LogP) is 3.55. The van der Waals surface area contributed by atoms with Gasteiger partial charge >= 0.3 is 0 Å². The zero-order valence-electron chi connectivity index (χ0n) is 11.7. The molecule has 0 radical (unpaired) electrons. The van der Waals surface area contributed by atoms with Gasteiger partial charge in [0.05, 0.1) is 0 Å². The third-order valence-electron chi connectivity index (χ3n) is 2.48. The van der Waals surface area contributed by atoms with Crippen molar-refractivity contribution >= 4 is 12.2 Å². The van der Waals surface area contributed by atoms with Gasteiger partial charge in [-0.1, -0.05) is 53.7 Å². The molecule has 1 N–H and O–H groups in total. The van der Waals surface area contributed by atoms with Crippen LogP contribution in [0.3, 0.4) is 0 Å². The normalized spacial score (nSPS) is 21.9. The molecule has 1 fully saturated rings. The molecule has 16 heavy (non-hydrogen) atoms. The molecule has 0 aromatic carbocycles. The van der Waals surface area contributed by atoms with Crippen LogP contribution in [0, 0.1) is 11.8 Å². The zero-order chi connectivity index (χ0) is 12.6. The Bertz CT molecular complexity index is 343. The summed E-state index contributed by atoms with van der Waals surface area (Å²) in [6.45, 7) is 12.0. The lowest BCUT2D eigenvalue weighted by Crippen LogP contribution is -2.24. The van der Waals surface area contributed by atoms with Gasteiger partial charge in [-0.05, 0) is 29.5 Å². The van der Waals surface area contributed by atoms with Gasteiger partial charge in [0.1, 0.15) is 0 Å². The summed E-state index contributed by atoms with van der Waals surface area (Å²) in [6.07, 6.45) is 8.14. The minimum absolute atomic E-state index is 0. The summed E-state index contributed by atoms with van der Waals surface area (Å²) in [5.74, 6) is 1.74. The molecule has 1 aromatic heterocycles. The Hall–Kier alpha value is -0.980. The Morgan fingerprint density at radius 1 is 1.00 bits per heavy atom. The lowest BCUT2D eigenvalue weighted by molar-refractivity contribution is 1.05. The fourth-order valence-corrected chi connectivity index (χ4v) is 1.75. The van der Waals surface area contributed by atoms with Crippen LogP contribution in [-0.2, 0) is 0 Å². The Morgan fingerprint density at radius 2 is 1.56 bits per heavy atom. The van der Waals surface area contributed by atoms with Crippen LogP contribution in [-0.4, -0.2) is 4.98 Å². The van der Waals surface area contributed by atoms with Crippen LogP contribution >= 0.6 is 0 Å². The van der Waals surface area contributed by atoms with Gasteiger partial charge in [0, 0.05) is 13.0 Å². The van der Waals surface area contributed by atoms with Crippen molar-refractivity contribution in [3.63, 3.8) is 0 Å². The molecule has 1 nitrogen and oxygen atoms in total. The van der Waals surface area contributed by atoms with Gasteiger partial charge in [0.25, 0.3) is 0 Å². The first-order valence-corrected chi connectivity index (χ1v) is 6.80. The van der Waals surface area contributed by atoms with Crippen LogP contribution in [0.15, 0.2) is 12.3 Å². The van der Waals surface area contributed by atoms with E-state index >= 15 is 0 Å². The molecule has 0 spiro atoms. The fourth-order valence-electron chi connectivity index (χ4n) is 1.75. The Morgan fingerprint density at radius 3 is 2.19 bits per heavy atom. The van der Waals surface area contributed by atoms with Gasteiger partial charge in [-0.25, -0.2) is 0 Å². The summed E-state index contributed by atoms with van der Waals surface area (Å²) in [6, 6.07) is 2.15. The number of aromatic nitrogens is 1. The van der Waals surface area contributed by atoms with Crippen molar-refractivity contribution in [1.29, 1.82) is 0 Å². The Kier molecular flexibility index (Phi) is 7.70. The maximum absolute atomic E-state index is 3.23. The number of hydrogen-bond donors (Lipinski definition) is 1. The molecule has 1 heteroatoms. The summed E-state index contributed by atoms with van der Waals surface area (Å²) < 4.78 is 0. The van der Waals surface area contributed by atoms with E-state index in [-0.39, 0.29) is 1.43 Å². The van der Waals surface area contributed by atoms with Crippen molar-refractivity contribution in [3.05, 3.63) is 22.8 Å². The van der Waals surface area contributed by atoms with Crippen LogP contribution < -0.4 is 10.6 Å². The number of H-pyrrole nitrogens is 1. The number of fused-ring (bicyclic) bond motifs is 2. The number of hydrogen-bond acceptors (Lipinski definition) is 0. The van der Waals surface area contributed by atoms with Gasteiger partial charge in [0.15, 0.2) is 0 Å². The molecular weight excluding hydrogens is 194 g/mol. The molecule has 2 unspecified atom stereocenters. The highest BCUT2D eigenvalue weighted by atomic mass is 14.7. The summed E-state index contributed by atoms with van der Waals surface area (Å²) in [5.41, 5.74) is 0. The van der Waals surface area contributed by atoms with E-state index in [2.05, 4.69) is 23.2 Å². The van der Waals surface area contributed by atoms with Crippen LogP contribution in [0.25, 0.3) is 12.2 Å². The summed E-state index contributed by atoms with van der Waals surface area (Å²) in [4.78, 5) is 3.23. The fraction of sp³-hybridized carbons (Fsp3) is 0.600. The van der Waals surface area contributed by atoms with Gasteiger partial charge in [-0.15, -0.1) is 0 Å². The van der Waals surface area contributed by atoms with Crippen molar-refractivity contribution in [3.8, 4) is 0 Å². The number of rotatable bonds is 0. The van der Waals surface area contributed by atoms with Crippen molar-refractivity contribution in [2.75, 3.05) is 0 Å². The quantitative estimate of drug-likeness (QED) is 0.692. The van der Waals surface area contributed by atoms with E-state index in [1.807, 2.05) is 47.7 Å². The molecule has 2 atom stereocenters. The zero-order valence-corrected chi connectivity index (χ0v) is 11.7. The highest BCUT2D eigenvalue weighted by Gasteiger charge is 2.34. The molecule has 94 valence electrons. The third kappa shape index (κ3) is 3.55. The Balaban J connectivity index is 0. The van der Waals surface area contributed by atoms with Gasteiger partial charge < -0.3 is 4.98 Å². The van der Waals surface area contributed by atoms with E-state index in [0.29, 0.717) is 0 Å². The van der Waals surface area contributed by atoms with Crippen molar-refractivity contribution in [1.82, 2.24) is 4.98 Å². The predicted molar refractivity (Wildman–Crippen MR) is 76.7 cm³/mol. The minimum atomic E-state index is 0. The first-order valence-electron chi connectivity index (χ1n) is 6.80. The van der Waals surface area contributed by atoms with E-state index in [4.69, 9.17) is 0 Å². The first kappa shape index (κ1) is 15.0. The van der Waals surface area contributed by atoms with Gasteiger partial charge in [-0.2, -0.15) is 0 Å². The van der Waals surface area contributed by atoms with E-state index in [0.717, 1.165) is 11.8 Å². The molecular formula is C15H29N. The van der Waals surface area contributed by atoms with Crippen molar-refractivity contribution in [2.45, 2.75) is 48.0 Å². The Labute approximate surface area is 102 Å². The van der Waals surface area contributed by atoms with Crippen LogP contribution in [0.5, 0.6) is 0 Å². The molecule has 2 aliphatic carbocycles. The lowest BCUT2D eigenvalue weighted by atomic mass is 10.2. The standard InChI is InChI=1S/C9H9N.3C2H6.H2/c1-2-10-9-5-8-4-7(8)3-6(1)9;3*1-2;/h1-3,5,7-8,10H,4H2;3*1-2H3;1H. The molecule has 0 aliphatic heterocycles. The summed E-state index contributed by atoms with van der Waals surface area (Å²) >= 11 is 0. The average molecular weight is 223 g/mol. The SMILES string of the molecule is C1=c2cc[nH]c2=CC2CC12.CC.CC.CC.[HH]. The molecule has 0 saturated heterocycles. The number of nitrogens with one attached hydrogen (secondary N) is 1. The monoisotopic (exact) mass is 223 g/mol. The van der Waals surface area contributed by atoms with E-state index in [9.17, 15) is 0 Å². The van der Waals surface area contributed by atoms with Gasteiger partial charge in [-0.3, -0.25) is 0 Å². The highest BCUT2D eigenvalue weighted by Crippen LogP contribution is 2.41. The first-order chi connectivity index (χ1) is 7.93. The molecule has 1 heterocycles. The molecule has 3 rings (SSSR count).